The van der Waals surface area contributed by atoms with Gasteiger partial charge in [0.2, 0.25) is 0 Å². The molecule has 0 radical (unpaired) electrons. The van der Waals surface area contributed by atoms with Crippen LogP contribution >= 0.6 is 27.3 Å². The molecule has 1 fully saturated rings. The number of benzene rings is 1. The van der Waals surface area contributed by atoms with Gasteiger partial charge in [0, 0.05) is 31.0 Å². The average Bonchev–Trinajstić information content (AvgIpc) is 3.08. The van der Waals surface area contributed by atoms with E-state index in [4.69, 9.17) is 4.74 Å². The maximum Gasteiger partial charge on any atom is 0.191 e. The van der Waals surface area contributed by atoms with Crippen LogP contribution in [0.15, 0.2) is 45.2 Å². The zero-order valence-electron chi connectivity index (χ0n) is 15.3. The van der Waals surface area contributed by atoms with Gasteiger partial charge in [0.1, 0.15) is 0 Å². The van der Waals surface area contributed by atoms with E-state index in [2.05, 4.69) is 74.9 Å². The Labute approximate surface area is 168 Å². The van der Waals surface area contributed by atoms with Crippen LogP contribution in [-0.2, 0) is 11.3 Å². The maximum absolute atomic E-state index is 6.11. The second kappa shape index (κ2) is 9.53. The van der Waals surface area contributed by atoms with Crippen molar-refractivity contribution >= 4 is 33.2 Å². The van der Waals surface area contributed by atoms with Crippen LogP contribution in [0.4, 0.5) is 0 Å². The highest BCUT2D eigenvalue weighted by molar-refractivity contribution is 9.11. The molecule has 1 aromatic heterocycles. The summed E-state index contributed by atoms with van der Waals surface area (Å²) in [6, 6.07) is 12.9. The minimum Gasteiger partial charge on any atom is -0.373 e. The summed E-state index contributed by atoms with van der Waals surface area (Å²) in [7, 11) is 1.81. The average molecular weight is 436 g/mol. The van der Waals surface area contributed by atoms with Gasteiger partial charge in [-0.3, -0.25) is 4.99 Å². The third-order valence-electron chi connectivity index (χ3n) is 4.66. The molecule has 0 spiro atoms. The van der Waals surface area contributed by atoms with Crippen LogP contribution in [0, 0.1) is 12.8 Å². The Hall–Kier alpha value is -1.37. The molecule has 0 aliphatic carbocycles. The summed E-state index contributed by atoms with van der Waals surface area (Å²) in [6.07, 6.45) is 2.44. The standard InChI is InChI=1S/C20H26BrN3OS/c1-14-5-7-15(8-6-14)19-16(4-3-11-25-19)12-23-20(22-2)24-13-17-9-10-18(21)26-17/h5-10,16,19H,3-4,11-13H2,1-2H3,(H2,22,23,24). The quantitative estimate of drug-likeness (QED) is 0.530. The first-order valence-corrected chi connectivity index (χ1v) is 10.6. The van der Waals surface area contributed by atoms with Gasteiger partial charge in [-0.15, -0.1) is 11.3 Å². The summed E-state index contributed by atoms with van der Waals surface area (Å²) in [5.74, 6) is 1.28. The first-order valence-electron chi connectivity index (χ1n) is 9.02. The van der Waals surface area contributed by atoms with Gasteiger partial charge in [0.15, 0.2) is 5.96 Å². The number of guanidine groups is 1. The van der Waals surface area contributed by atoms with E-state index >= 15 is 0 Å². The highest BCUT2D eigenvalue weighted by atomic mass is 79.9. The Morgan fingerprint density at radius 1 is 1.23 bits per heavy atom. The highest BCUT2D eigenvalue weighted by Crippen LogP contribution is 2.33. The zero-order chi connectivity index (χ0) is 18.4. The number of ether oxygens (including phenoxy) is 1. The number of nitrogens with one attached hydrogen (secondary N) is 2. The largest absolute Gasteiger partial charge is 0.373 e. The van der Waals surface area contributed by atoms with Gasteiger partial charge in [0.25, 0.3) is 0 Å². The summed E-state index contributed by atoms with van der Waals surface area (Å²) in [5.41, 5.74) is 2.55. The van der Waals surface area contributed by atoms with Crippen LogP contribution in [0.1, 0.15) is 34.9 Å². The molecule has 2 atom stereocenters. The van der Waals surface area contributed by atoms with E-state index < -0.39 is 0 Å². The van der Waals surface area contributed by atoms with Gasteiger partial charge < -0.3 is 15.4 Å². The fraction of sp³-hybridized carbons (Fsp3) is 0.450. The number of halogens is 1. The maximum atomic E-state index is 6.11. The van der Waals surface area contributed by atoms with E-state index in [0.717, 1.165) is 35.9 Å². The molecule has 140 valence electrons. The molecule has 4 nitrogen and oxygen atoms in total. The molecule has 26 heavy (non-hydrogen) atoms. The van der Waals surface area contributed by atoms with E-state index in [0.29, 0.717) is 5.92 Å². The van der Waals surface area contributed by atoms with Gasteiger partial charge in [-0.25, -0.2) is 0 Å². The number of hydrogen-bond donors (Lipinski definition) is 2. The fourth-order valence-corrected chi connectivity index (χ4v) is 4.67. The minimum atomic E-state index is 0.156. The van der Waals surface area contributed by atoms with Gasteiger partial charge in [-0.05, 0) is 53.4 Å². The van der Waals surface area contributed by atoms with Crippen LogP contribution < -0.4 is 10.6 Å². The second-order valence-electron chi connectivity index (χ2n) is 6.62. The third kappa shape index (κ3) is 5.32. The topological polar surface area (TPSA) is 45.7 Å². The van der Waals surface area contributed by atoms with Crippen molar-refractivity contribution in [2.45, 2.75) is 32.4 Å². The van der Waals surface area contributed by atoms with E-state index in [1.807, 2.05) is 7.05 Å². The molecule has 3 rings (SSSR count). The normalized spacial score (nSPS) is 20.8. The number of rotatable bonds is 5. The smallest absolute Gasteiger partial charge is 0.191 e. The van der Waals surface area contributed by atoms with Crippen LogP contribution in [0.3, 0.4) is 0 Å². The van der Waals surface area contributed by atoms with Crippen molar-refractivity contribution in [2.24, 2.45) is 10.9 Å². The number of hydrogen-bond acceptors (Lipinski definition) is 3. The highest BCUT2D eigenvalue weighted by Gasteiger charge is 2.27. The summed E-state index contributed by atoms with van der Waals surface area (Å²) in [5, 5.41) is 6.87. The molecule has 2 N–H and O–H groups in total. The van der Waals surface area contributed by atoms with Crippen molar-refractivity contribution in [3.63, 3.8) is 0 Å². The third-order valence-corrected chi connectivity index (χ3v) is 6.29. The molecule has 0 saturated carbocycles. The SMILES string of the molecule is CN=C(NCc1ccc(Br)s1)NCC1CCCOC1c1ccc(C)cc1. The van der Waals surface area contributed by atoms with Crippen LogP contribution in [0.25, 0.3) is 0 Å². The van der Waals surface area contributed by atoms with Crippen molar-refractivity contribution in [1.82, 2.24) is 10.6 Å². The summed E-state index contributed by atoms with van der Waals surface area (Å²) in [4.78, 5) is 5.63. The van der Waals surface area contributed by atoms with Crippen LogP contribution in [-0.4, -0.2) is 26.2 Å². The van der Waals surface area contributed by atoms with Gasteiger partial charge in [0.05, 0.1) is 16.4 Å². The lowest BCUT2D eigenvalue weighted by Gasteiger charge is -2.32. The summed E-state index contributed by atoms with van der Waals surface area (Å²) >= 11 is 5.24. The van der Waals surface area contributed by atoms with Crippen molar-refractivity contribution in [3.8, 4) is 0 Å². The molecule has 1 aliphatic heterocycles. The molecule has 1 saturated heterocycles. The molecule has 6 heteroatoms. The Bertz CT molecular complexity index is 729. The van der Waals surface area contributed by atoms with E-state index in [9.17, 15) is 0 Å². The molecule has 1 aromatic carbocycles. The Kier molecular flexibility index (Phi) is 7.11. The molecule has 1 aliphatic rings. The summed E-state index contributed by atoms with van der Waals surface area (Å²) in [6.45, 7) is 4.59. The first-order chi connectivity index (χ1) is 12.7. The molecule has 2 heterocycles. The van der Waals surface area contributed by atoms with Crippen molar-refractivity contribution in [2.75, 3.05) is 20.2 Å². The molecular weight excluding hydrogens is 410 g/mol. The number of aliphatic imine (C=N–C) groups is 1. The van der Waals surface area contributed by atoms with Gasteiger partial charge >= 0.3 is 0 Å². The predicted molar refractivity (Wildman–Crippen MR) is 113 cm³/mol. The van der Waals surface area contributed by atoms with Crippen LogP contribution in [0.5, 0.6) is 0 Å². The Balaban J connectivity index is 1.55. The monoisotopic (exact) mass is 435 g/mol. The van der Waals surface area contributed by atoms with E-state index in [1.165, 1.54) is 22.4 Å². The van der Waals surface area contributed by atoms with Crippen molar-refractivity contribution < 1.29 is 4.74 Å². The van der Waals surface area contributed by atoms with E-state index in [-0.39, 0.29) is 6.10 Å². The fourth-order valence-electron chi connectivity index (χ4n) is 3.24. The molecule has 2 unspecified atom stereocenters. The zero-order valence-corrected chi connectivity index (χ0v) is 17.7. The van der Waals surface area contributed by atoms with Crippen molar-refractivity contribution in [1.29, 1.82) is 0 Å². The lowest BCUT2D eigenvalue weighted by atomic mass is 9.89. The van der Waals surface area contributed by atoms with Gasteiger partial charge in [-0.1, -0.05) is 29.8 Å². The van der Waals surface area contributed by atoms with Crippen molar-refractivity contribution in [3.05, 3.63) is 56.2 Å². The number of thiophene rings is 1. The van der Waals surface area contributed by atoms with Crippen LogP contribution in [0.2, 0.25) is 0 Å². The molecule has 0 bridgehead atoms. The number of aryl methyl sites for hydroxylation is 1. The summed E-state index contributed by atoms with van der Waals surface area (Å²) < 4.78 is 7.26. The minimum absolute atomic E-state index is 0.156. The molecular formula is C20H26BrN3OS. The number of nitrogens with zero attached hydrogens (tertiary/aromatic N) is 1. The molecule has 2 aromatic rings. The second-order valence-corrected chi connectivity index (χ2v) is 9.16. The Morgan fingerprint density at radius 2 is 2.04 bits per heavy atom. The predicted octanol–water partition coefficient (Wildman–Crippen LogP) is 4.65. The molecule has 0 amide bonds. The Morgan fingerprint density at radius 3 is 2.73 bits per heavy atom. The van der Waals surface area contributed by atoms with Gasteiger partial charge in [-0.2, -0.15) is 0 Å². The lowest BCUT2D eigenvalue weighted by Crippen LogP contribution is -2.41. The lowest BCUT2D eigenvalue weighted by molar-refractivity contribution is -0.0265. The van der Waals surface area contributed by atoms with E-state index in [1.54, 1.807) is 11.3 Å². The first kappa shape index (κ1) is 19.4.